The van der Waals surface area contributed by atoms with E-state index in [2.05, 4.69) is 20.6 Å². The summed E-state index contributed by atoms with van der Waals surface area (Å²) in [5.74, 6) is 0.436. The van der Waals surface area contributed by atoms with E-state index in [9.17, 15) is 4.79 Å². The van der Waals surface area contributed by atoms with Gasteiger partial charge in [-0.25, -0.2) is 14.8 Å². The average molecular weight is 438 g/mol. The van der Waals surface area contributed by atoms with Crippen LogP contribution in [-0.4, -0.2) is 16.0 Å². The molecule has 30 heavy (non-hydrogen) atoms. The molecule has 4 N–H and O–H groups in total. The van der Waals surface area contributed by atoms with Gasteiger partial charge in [0, 0.05) is 16.1 Å². The van der Waals surface area contributed by atoms with Crippen molar-refractivity contribution in [1.29, 1.82) is 0 Å². The fourth-order valence-electron chi connectivity index (χ4n) is 3.29. The molecule has 152 valence electrons. The van der Waals surface area contributed by atoms with Crippen molar-refractivity contribution in [3.05, 3.63) is 63.8 Å². The molecule has 2 aromatic carbocycles. The number of carbonyl (C=O) groups excluding carboxylic acids is 1. The van der Waals surface area contributed by atoms with Gasteiger partial charge in [0.1, 0.15) is 17.0 Å². The quantitative estimate of drug-likeness (QED) is 0.357. The summed E-state index contributed by atoms with van der Waals surface area (Å²) in [7, 11) is 0. The smallest absolute Gasteiger partial charge is 0.323 e. The maximum atomic E-state index is 12.4. The molecule has 2 heterocycles. The molecule has 0 aliphatic carbocycles. The number of amides is 2. The SMILES string of the molecule is Cc1ccc(NC(=O)Nc2ccc(-c3c(C)sc4ncnc(N)c34)cc2Cl)cc1C. The lowest BCUT2D eigenvalue weighted by Crippen LogP contribution is -2.19. The second-order valence-corrected chi connectivity index (χ2v) is 8.66. The van der Waals surface area contributed by atoms with Gasteiger partial charge in [0.2, 0.25) is 0 Å². The van der Waals surface area contributed by atoms with Gasteiger partial charge in [0.25, 0.3) is 0 Å². The van der Waals surface area contributed by atoms with Crippen LogP contribution in [0.5, 0.6) is 0 Å². The molecule has 0 radical (unpaired) electrons. The number of halogens is 1. The number of fused-ring (bicyclic) bond motifs is 1. The van der Waals surface area contributed by atoms with Crippen LogP contribution >= 0.6 is 22.9 Å². The number of nitrogens with two attached hydrogens (primary N) is 1. The van der Waals surface area contributed by atoms with E-state index in [4.69, 9.17) is 17.3 Å². The van der Waals surface area contributed by atoms with Gasteiger partial charge in [-0.05, 0) is 61.7 Å². The Kier molecular flexibility index (Phi) is 5.32. The maximum absolute atomic E-state index is 12.4. The topological polar surface area (TPSA) is 92.9 Å². The number of carbonyl (C=O) groups is 1. The molecule has 0 aliphatic heterocycles. The number of benzene rings is 2. The van der Waals surface area contributed by atoms with E-state index in [0.717, 1.165) is 37.5 Å². The van der Waals surface area contributed by atoms with Gasteiger partial charge in [-0.15, -0.1) is 11.3 Å². The second-order valence-electron chi connectivity index (χ2n) is 7.05. The highest BCUT2D eigenvalue weighted by Crippen LogP contribution is 2.41. The van der Waals surface area contributed by atoms with Gasteiger partial charge in [0.05, 0.1) is 16.1 Å². The summed E-state index contributed by atoms with van der Waals surface area (Å²) in [6, 6.07) is 10.9. The number of hydrogen-bond donors (Lipinski definition) is 3. The first-order chi connectivity index (χ1) is 14.3. The first-order valence-corrected chi connectivity index (χ1v) is 10.5. The summed E-state index contributed by atoms with van der Waals surface area (Å²) in [5.41, 5.74) is 11.5. The van der Waals surface area contributed by atoms with Crippen molar-refractivity contribution in [3.8, 4) is 11.1 Å². The lowest BCUT2D eigenvalue weighted by atomic mass is 10.0. The number of hydrogen-bond acceptors (Lipinski definition) is 5. The number of nitrogens with zero attached hydrogens (tertiary/aromatic N) is 2. The van der Waals surface area contributed by atoms with Crippen LogP contribution in [0.2, 0.25) is 5.02 Å². The molecule has 6 nitrogen and oxygen atoms in total. The van der Waals surface area contributed by atoms with Gasteiger partial charge in [-0.2, -0.15) is 0 Å². The monoisotopic (exact) mass is 437 g/mol. The number of rotatable bonds is 3. The molecule has 0 unspecified atom stereocenters. The third kappa shape index (κ3) is 3.81. The van der Waals surface area contributed by atoms with E-state index in [-0.39, 0.29) is 6.03 Å². The summed E-state index contributed by atoms with van der Waals surface area (Å²) in [6.07, 6.45) is 1.46. The molecule has 0 spiro atoms. The Bertz CT molecular complexity index is 1280. The van der Waals surface area contributed by atoms with Crippen molar-refractivity contribution in [3.63, 3.8) is 0 Å². The molecule has 4 rings (SSSR count). The summed E-state index contributed by atoms with van der Waals surface area (Å²) in [4.78, 5) is 22.7. The Hall–Kier alpha value is -3.16. The number of urea groups is 1. The number of anilines is 3. The normalized spacial score (nSPS) is 10.9. The predicted molar refractivity (Wildman–Crippen MR) is 126 cm³/mol. The standard InChI is InChI=1S/C22H20ClN5OS/c1-11-4-6-15(8-12(11)2)27-22(29)28-17-7-5-14(9-16(17)23)18-13(3)30-21-19(18)20(24)25-10-26-21/h4-10H,1-3H3,(H2,24,25,26)(H2,27,28,29). The molecule has 2 amide bonds. The van der Waals surface area contributed by atoms with Crippen LogP contribution < -0.4 is 16.4 Å². The zero-order valence-electron chi connectivity index (χ0n) is 16.7. The van der Waals surface area contributed by atoms with E-state index in [0.29, 0.717) is 16.5 Å². The van der Waals surface area contributed by atoms with E-state index in [1.807, 2.05) is 51.1 Å². The molecule has 4 aromatic rings. The third-order valence-corrected chi connectivity index (χ3v) is 6.29. The van der Waals surface area contributed by atoms with Crippen LogP contribution in [0.25, 0.3) is 21.3 Å². The van der Waals surface area contributed by atoms with Gasteiger partial charge in [0.15, 0.2) is 0 Å². The van der Waals surface area contributed by atoms with Crippen LogP contribution in [-0.2, 0) is 0 Å². The van der Waals surface area contributed by atoms with Crippen LogP contribution in [0.15, 0.2) is 42.7 Å². The Morgan fingerprint density at radius 3 is 2.57 bits per heavy atom. The van der Waals surface area contributed by atoms with Gasteiger partial charge in [-0.3, -0.25) is 0 Å². The zero-order chi connectivity index (χ0) is 21.4. The van der Waals surface area contributed by atoms with Crippen molar-refractivity contribution in [2.75, 3.05) is 16.4 Å². The van der Waals surface area contributed by atoms with Crippen molar-refractivity contribution in [2.24, 2.45) is 0 Å². The highest BCUT2D eigenvalue weighted by Gasteiger charge is 2.17. The number of thiophene rings is 1. The minimum absolute atomic E-state index is 0.359. The maximum Gasteiger partial charge on any atom is 0.323 e. The van der Waals surface area contributed by atoms with Crippen molar-refractivity contribution < 1.29 is 4.79 Å². The molecular weight excluding hydrogens is 418 g/mol. The third-order valence-electron chi connectivity index (χ3n) is 4.96. The van der Waals surface area contributed by atoms with Crippen molar-refractivity contribution in [2.45, 2.75) is 20.8 Å². The van der Waals surface area contributed by atoms with Gasteiger partial charge in [-0.1, -0.05) is 23.7 Å². The Labute approximate surface area is 183 Å². The molecular formula is C22H20ClN5OS. The summed E-state index contributed by atoms with van der Waals surface area (Å²) in [5, 5.41) is 6.88. The van der Waals surface area contributed by atoms with E-state index < -0.39 is 0 Å². The van der Waals surface area contributed by atoms with E-state index in [1.165, 1.54) is 11.9 Å². The summed E-state index contributed by atoms with van der Waals surface area (Å²) < 4.78 is 0. The van der Waals surface area contributed by atoms with Gasteiger partial charge < -0.3 is 16.4 Å². The molecule has 0 saturated carbocycles. The number of nitrogen functional groups attached to an aromatic ring is 1. The molecule has 0 atom stereocenters. The summed E-state index contributed by atoms with van der Waals surface area (Å²) in [6.45, 7) is 6.04. The molecule has 0 bridgehead atoms. The van der Waals surface area contributed by atoms with Gasteiger partial charge >= 0.3 is 6.03 Å². The van der Waals surface area contributed by atoms with Crippen LogP contribution in [0, 0.1) is 20.8 Å². The zero-order valence-corrected chi connectivity index (χ0v) is 18.3. The van der Waals surface area contributed by atoms with Crippen LogP contribution in [0.1, 0.15) is 16.0 Å². The minimum Gasteiger partial charge on any atom is -0.383 e. The highest BCUT2D eigenvalue weighted by molar-refractivity contribution is 7.19. The second kappa shape index (κ2) is 7.93. The van der Waals surface area contributed by atoms with E-state index in [1.54, 1.807) is 17.4 Å². The van der Waals surface area contributed by atoms with Crippen LogP contribution in [0.3, 0.4) is 0 Å². The fraction of sp³-hybridized carbons (Fsp3) is 0.136. The number of aromatic nitrogens is 2. The molecule has 0 saturated heterocycles. The number of nitrogens with one attached hydrogen (secondary N) is 2. The Morgan fingerprint density at radius 2 is 1.83 bits per heavy atom. The predicted octanol–water partition coefficient (Wildman–Crippen LogP) is 6.16. The largest absolute Gasteiger partial charge is 0.383 e. The molecule has 8 heteroatoms. The molecule has 2 aromatic heterocycles. The van der Waals surface area contributed by atoms with Crippen LogP contribution in [0.4, 0.5) is 22.0 Å². The lowest BCUT2D eigenvalue weighted by Gasteiger charge is -2.12. The summed E-state index contributed by atoms with van der Waals surface area (Å²) >= 11 is 8.04. The first kappa shape index (κ1) is 20.1. The Morgan fingerprint density at radius 1 is 1.03 bits per heavy atom. The highest BCUT2D eigenvalue weighted by atomic mass is 35.5. The molecule has 0 fully saturated rings. The lowest BCUT2D eigenvalue weighted by molar-refractivity contribution is 0.262. The van der Waals surface area contributed by atoms with Crippen molar-refractivity contribution in [1.82, 2.24) is 9.97 Å². The fourth-order valence-corrected chi connectivity index (χ4v) is 4.54. The molecule has 0 aliphatic rings. The average Bonchev–Trinajstić information content (AvgIpc) is 3.03. The van der Waals surface area contributed by atoms with E-state index >= 15 is 0 Å². The van der Waals surface area contributed by atoms with Crippen molar-refractivity contribution >= 4 is 56.4 Å². The Balaban J connectivity index is 1.59. The minimum atomic E-state index is -0.359. The first-order valence-electron chi connectivity index (χ1n) is 9.28. The number of aryl methyl sites for hydroxylation is 3.